The number of hydrogen-bond donors (Lipinski definition) is 0. The number of alkyl halides is 3. The third-order valence-corrected chi connectivity index (χ3v) is 2.70. The monoisotopic (exact) mass is 226 g/mol. The zero-order valence-corrected chi connectivity index (χ0v) is 8.25. The highest BCUT2D eigenvalue weighted by atomic mass is 32.1. The van der Waals surface area contributed by atoms with Crippen molar-refractivity contribution in [2.45, 2.75) is 6.18 Å². The third kappa shape index (κ3) is 2.51. The lowest BCUT2D eigenvalue weighted by molar-refractivity contribution is -0.0696. The molecule has 0 saturated carbocycles. The molecule has 0 fully saturated rings. The van der Waals surface area contributed by atoms with Crippen LogP contribution in [0.25, 0.3) is 10.1 Å². The van der Waals surface area contributed by atoms with Crippen molar-refractivity contribution in [3.05, 3.63) is 35.2 Å². The van der Waals surface area contributed by atoms with Crippen molar-refractivity contribution >= 4 is 21.4 Å². The minimum absolute atomic E-state index is 0.387. The van der Waals surface area contributed by atoms with Gasteiger partial charge in [-0.2, -0.15) is 13.2 Å². The summed E-state index contributed by atoms with van der Waals surface area (Å²) in [5.74, 6) is 3.34. The molecule has 0 N–H and O–H groups in total. The summed E-state index contributed by atoms with van der Waals surface area (Å²) in [4.78, 5) is 0. The summed E-state index contributed by atoms with van der Waals surface area (Å²) in [7, 11) is 0. The largest absolute Gasteiger partial charge is 0.458 e. The number of halogens is 3. The van der Waals surface area contributed by atoms with Gasteiger partial charge in [0, 0.05) is 16.2 Å². The molecule has 2 rings (SSSR count). The summed E-state index contributed by atoms with van der Waals surface area (Å²) in [6.07, 6.45) is -4.43. The van der Waals surface area contributed by atoms with E-state index in [-0.39, 0.29) is 0 Å². The highest BCUT2D eigenvalue weighted by molar-refractivity contribution is 7.17. The van der Waals surface area contributed by atoms with Crippen LogP contribution in [0.4, 0.5) is 13.2 Å². The first-order chi connectivity index (χ1) is 7.04. The molecule has 0 aliphatic heterocycles. The van der Waals surface area contributed by atoms with Crippen molar-refractivity contribution in [1.29, 1.82) is 0 Å². The van der Waals surface area contributed by atoms with E-state index < -0.39 is 6.18 Å². The topological polar surface area (TPSA) is 0 Å². The van der Waals surface area contributed by atoms with E-state index in [1.807, 2.05) is 11.4 Å². The van der Waals surface area contributed by atoms with Crippen LogP contribution in [0.2, 0.25) is 0 Å². The number of fused-ring (bicyclic) bond motifs is 1. The molecule has 0 aliphatic carbocycles. The first-order valence-electron chi connectivity index (χ1n) is 4.12. The van der Waals surface area contributed by atoms with Crippen LogP contribution in [0, 0.1) is 11.8 Å². The van der Waals surface area contributed by atoms with E-state index in [1.54, 1.807) is 29.5 Å². The number of hydrogen-bond acceptors (Lipinski definition) is 1. The molecule has 0 nitrogen and oxygen atoms in total. The minimum atomic E-state index is -4.43. The SMILES string of the molecule is FC(F)(F)C#Cc1ccc2sccc2c1. The van der Waals surface area contributed by atoms with Gasteiger partial charge in [0.05, 0.1) is 0 Å². The Balaban J connectivity index is 2.39. The van der Waals surface area contributed by atoms with Crippen molar-refractivity contribution in [1.82, 2.24) is 0 Å². The fraction of sp³-hybridized carbons (Fsp3) is 0.0909. The van der Waals surface area contributed by atoms with Gasteiger partial charge in [-0.1, -0.05) is 5.92 Å². The molecular weight excluding hydrogens is 221 g/mol. The first kappa shape index (κ1) is 10.1. The molecule has 0 atom stereocenters. The Labute approximate surface area is 88.3 Å². The van der Waals surface area contributed by atoms with Crippen molar-refractivity contribution in [2.75, 3.05) is 0 Å². The average Bonchev–Trinajstić information content (AvgIpc) is 2.60. The first-order valence-corrected chi connectivity index (χ1v) is 5.00. The second kappa shape index (κ2) is 3.59. The molecule has 2 aromatic rings. The van der Waals surface area contributed by atoms with Gasteiger partial charge in [-0.25, -0.2) is 0 Å². The van der Waals surface area contributed by atoms with Crippen molar-refractivity contribution in [3.8, 4) is 11.8 Å². The normalized spacial score (nSPS) is 11.1. The van der Waals surface area contributed by atoms with Crippen LogP contribution in [0.1, 0.15) is 5.56 Å². The molecule has 0 amide bonds. The Morgan fingerprint density at radius 2 is 1.93 bits per heavy atom. The molecule has 1 heterocycles. The highest BCUT2D eigenvalue weighted by Crippen LogP contribution is 2.21. The van der Waals surface area contributed by atoms with E-state index in [0.29, 0.717) is 5.56 Å². The van der Waals surface area contributed by atoms with E-state index in [2.05, 4.69) is 5.92 Å². The van der Waals surface area contributed by atoms with Crippen molar-refractivity contribution in [2.24, 2.45) is 0 Å². The molecule has 0 radical (unpaired) electrons. The molecule has 15 heavy (non-hydrogen) atoms. The molecular formula is C11H5F3S. The molecule has 4 heteroatoms. The van der Waals surface area contributed by atoms with Gasteiger partial charge in [-0.15, -0.1) is 11.3 Å². The van der Waals surface area contributed by atoms with Gasteiger partial charge in [0.15, 0.2) is 0 Å². The van der Waals surface area contributed by atoms with Crippen LogP contribution in [-0.2, 0) is 0 Å². The Bertz CT molecular complexity index is 540. The Kier molecular flexibility index (Phi) is 2.41. The van der Waals surface area contributed by atoms with Crippen LogP contribution in [0.15, 0.2) is 29.6 Å². The van der Waals surface area contributed by atoms with Gasteiger partial charge in [0.1, 0.15) is 0 Å². The summed E-state index contributed by atoms with van der Waals surface area (Å²) in [5.41, 5.74) is 0.387. The van der Waals surface area contributed by atoms with Crippen LogP contribution < -0.4 is 0 Å². The fourth-order valence-corrected chi connectivity index (χ4v) is 1.96. The molecule has 1 aromatic carbocycles. The number of benzene rings is 1. The van der Waals surface area contributed by atoms with Crippen LogP contribution >= 0.6 is 11.3 Å². The second-order valence-electron chi connectivity index (χ2n) is 2.92. The molecule has 0 unspecified atom stereocenters. The van der Waals surface area contributed by atoms with E-state index >= 15 is 0 Å². The summed E-state index contributed by atoms with van der Waals surface area (Å²) in [6, 6.07) is 6.89. The molecule has 0 saturated heterocycles. The minimum Gasteiger partial charge on any atom is -0.159 e. The summed E-state index contributed by atoms with van der Waals surface area (Å²) >= 11 is 1.55. The van der Waals surface area contributed by atoms with E-state index in [0.717, 1.165) is 10.1 Å². The number of thiophene rings is 1. The standard InChI is InChI=1S/C11H5F3S/c12-11(13,14)5-3-8-1-2-10-9(7-8)4-6-15-10/h1-2,4,6-7H. The molecule has 0 spiro atoms. The smallest absolute Gasteiger partial charge is 0.159 e. The van der Waals surface area contributed by atoms with Gasteiger partial charge in [-0.3, -0.25) is 0 Å². The summed E-state index contributed by atoms with van der Waals surface area (Å²) in [6.45, 7) is 0. The maximum atomic E-state index is 11.8. The Morgan fingerprint density at radius 1 is 1.13 bits per heavy atom. The van der Waals surface area contributed by atoms with Crippen LogP contribution in [0.5, 0.6) is 0 Å². The Morgan fingerprint density at radius 3 is 2.67 bits per heavy atom. The summed E-state index contributed by atoms with van der Waals surface area (Å²) < 4.78 is 36.5. The lowest BCUT2D eigenvalue weighted by Gasteiger charge is -1.94. The zero-order valence-electron chi connectivity index (χ0n) is 7.43. The van der Waals surface area contributed by atoms with Gasteiger partial charge >= 0.3 is 6.18 Å². The van der Waals surface area contributed by atoms with Crippen LogP contribution in [0.3, 0.4) is 0 Å². The van der Waals surface area contributed by atoms with Crippen molar-refractivity contribution in [3.63, 3.8) is 0 Å². The van der Waals surface area contributed by atoms with Gasteiger partial charge in [0.25, 0.3) is 0 Å². The third-order valence-electron chi connectivity index (χ3n) is 1.80. The predicted molar refractivity (Wildman–Crippen MR) is 54.8 cm³/mol. The zero-order chi connectivity index (χ0) is 10.9. The molecule has 76 valence electrons. The van der Waals surface area contributed by atoms with E-state index in [9.17, 15) is 13.2 Å². The highest BCUT2D eigenvalue weighted by Gasteiger charge is 2.22. The molecule has 0 aliphatic rings. The van der Waals surface area contributed by atoms with E-state index in [4.69, 9.17) is 0 Å². The second-order valence-corrected chi connectivity index (χ2v) is 3.87. The summed E-state index contributed by atoms with van der Waals surface area (Å²) in [5, 5.41) is 2.82. The van der Waals surface area contributed by atoms with Gasteiger partial charge in [0.2, 0.25) is 0 Å². The quantitative estimate of drug-likeness (QED) is 0.599. The maximum absolute atomic E-state index is 11.8. The lowest BCUT2D eigenvalue weighted by Crippen LogP contribution is -2.01. The maximum Gasteiger partial charge on any atom is 0.458 e. The predicted octanol–water partition coefficient (Wildman–Crippen LogP) is 3.82. The lowest BCUT2D eigenvalue weighted by atomic mass is 10.2. The van der Waals surface area contributed by atoms with Crippen molar-refractivity contribution < 1.29 is 13.2 Å². The number of rotatable bonds is 0. The average molecular weight is 226 g/mol. The Hall–Kier alpha value is -1.47. The van der Waals surface area contributed by atoms with Gasteiger partial charge < -0.3 is 0 Å². The fourth-order valence-electron chi connectivity index (χ4n) is 1.19. The van der Waals surface area contributed by atoms with Crippen LogP contribution in [-0.4, -0.2) is 6.18 Å². The molecule has 1 aromatic heterocycles. The van der Waals surface area contributed by atoms with E-state index in [1.165, 1.54) is 5.92 Å². The molecule has 0 bridgehead atoms. The van der Waals surface area contributed by atoms with Gasteiger partial charge in [-0.05, 0) is 35.0 Å².